The lowest BCUT2D eigenvalue weighted by atomic mass is 9.78. The molecule has 0 unspecified atom stereocenters. The number of halogens is 2. The minimum Gasteiger partial charge on any atom is -0.481 e. The summed E-state index contributed by atoms with van der Waals surface area (Å²) in [5.41, 5.74) is 0. The molecule has 0 bridgehead atoms. The quantitative estimate of drug-likeness (QED) is 0.722. The van der Waals surface area contributed by atoms with Gasteiger partial charge in [0.1, 0.15) is 11.6 Å². The Balaban J connectivity index is 1.71. The topological polar surface area (TPSA) is 64.6 Å². The first kappa shape index (κ1) is 19.7. The molecule has 2 rings (SSSR count). The Bertz CT molecular complexity index is 625. The Labute approximate surface area is 155 Å². The molecule has 1 N–H and O–H groups in total. The highest BCUT2D eigenvalue weighted by Gasteiger charge is 2.28. The molecule has 1 aliphatic carbocycles. The van der Waals surface area contributed by atoms with Gasteiger partial charge in [0.25, 0.3) is 5.91 Å². The summed E-state index contributed by atoms with van der Waals surface area (Å²) in [6.07, 6.45) is 3.22. The van der Waals surface area contributed by atoms with Crippen molar-refractivity contribution in [1.29, 1.82) is 0 Å². The number of ether oxygens (including phenoxy) is 2. The maximum atomic E-state index is 13.0. The third-order valence-corrected chi connectivity index (χ3v) is 5.28. The molecule has 0 heterocycles. The molecule has 5 nitrogen and oxygen atoms in total. The van der Waals surface area contributed by atoms with Crippen LogP contribution in [0.3, 0.4) is 0 Å². The van der Waals surface area contributed by atoms with E-state index < -0.39 is 11.8 Å². The molecule has 7 heteroatoms. The summed E-state index contributed by atoms with van der Waals surface area (Å²) in [6.45, 7) is 3.64. The van der Waals surface area contributed by atoms with Crippen molar-refractivity contribution in [3.05, 3.63) is 28.5 Å². The molecule has 138 valence electrons. The zero-order valence-corrected chi connectivity index (χ0v) is 16.0. The van der Waals surface area contributed by atoms with Crippen LogP contribution >= 0.6 is 15.9 Å². The third-order valence-electron chi connectivity index (χ3n) is 4.66. The van der Waals surface area contributed by atoms with E-state index in [1.165, 1.54) is 24.6 Å². The van der Waals surface area contributed by atoms with Crippen molar-refractivity contribution in [2.75, 3.05) is 13.2 Å². The summed E-state index contributed by atoms with van der Waals surface area (Å²) in [6, 6.07) is 4.00. The van der Waals surface area contributed by atoms with E-state index in [4.69, 9.17) is 9.47 Å². The van der Waals surface area contributed by atoms with Crippen LogP contribution in [0, 0.1) is 17.7 Å². The smallest absolute Gasteiger partial charge is 0.344 e. The molecule has 1 aliphatic rings. The number of hydrogen-bond acceptors (Lipinski definition) is 4. The first-order chi connectivity index (χ1) is 11.9. The van der Waals surface area contributed by atoms with Crippen molar-refractivity contribution in [3.63, 3.8) is 0 Å². The molecule has 1 fully saturated rings. The molecule has 1 aromatic carbocycles. The average Bonchev–Trinajstić information content (AvgIpc) is 2.56. The highest BCUT2D eigenvalue weighted by molar-refractivity contribution is 9.10. The van der Waals surface area contributed by atoms with Crippen LogP contribution in [0.1, 0.15) is 33.1 Å². The molecule has 0 radical (unpaired) electrons. The third kappa shape index (κ3) is 5.99. The van der Waals surface area contributed by atoms with Gasteiger partial charge < -0.3 is 14.8 Å². The summed E-state index contributed by atoms with van der Waals surface area (Å²) < 4.78 is 23.6. The lowest BCUT2D eigenvalue weighted by molar-refractivity contribution is -0.150. The van der Waals surface area contributed by atoms with E-state index in [0.29, 0.717) is 22.1 Å². The molecule has 3 atom stereocenters. The van der Waals surface area contributed by atoms with E-state index in [0.717, 1.165) is 12.8 Å². The van der Waals surface area contributed by atoms with Gasteiger partial charge in [-0.3, -0.25) is 4.79 Å². The molecule has 1 saturated carbocycles. The van der Waals surface area contributed by atoms with Crippen molar-refractivity contribution in [1.82, 2.24) is 5.32 Å². The number of esters is 1. The van der Waals surface area contributed by atoms with Gasteiger partial charge in [0.2, 0.25) is 0 Å². The second-order valence-corrected chi connectivity index (χ2v) is 7.32. The van der Waals surface area contributed by atoms with Gasteiger partial charge in [-0.2, -0.15) is 0 Å². The van der Waals surface area contributed by atoms with Gasteiger partial charge >= 0.3 is 5.97 Å². The van der Waals surface area contributed by atoms with Crippen LogP contribution in [0.2, 0.25) is 0 Å². The average molecular weight is 416 g/mol. The van der Waals surface area contributed by atoms with Crippen molar-refractivity contribution in [2.45, 2.75) is 39.2 Å². The van der Waals surface area contributed by atoms with E-state index in [1.807, 2.05) is 0 Å². The Morgan fingerprint density at radius 1 is 1.28 bits per heavy atom. The van der Waals surface area contributed by atoms with Gasteiger partial charge in [0.15, 0.2) is 13.2 Å². The second kappa shape index (κ2) is 9.17. The molecule has 1 amide bonds. The van der Waals surface area contributed by atoms with Crippen LogP contribution in [0.25, 0.3) is 0 Å². The Morgan fingerprint density at radius 3 is 2.76 bits per heavy atom. The fourth-order valence-electron chi connectivity index (χ4n) is 2.95. The fourth-order valence-corrected chi connectivity index (χ4v) is 3.42. The van der Waals surface area contributed by atoms with Crippen LogP contribution in [0.4, 0.5) is 4.39 Å². The molecular weight excluding hydrogens is 393 g/mol. The molecular formula is C18H23BrFNO4. The summed E-state index contributed by atoms with van der Waals surface area (Å²) in [5.74, 6) is -0.0621. The van der Waals surface area contributed by atoms with E-state index in [9.17, 15) is 14.0 Å². The second-order valence-electron chi connectivity index (χ2n) is 6.47. The number of carbonyl (C=O) groups is 2. The lowest BCUT2D eigenvalue weighted by Crippen LogP contribution is -2.45. The highest BCUT2D eigenvalue weighted by Crippen LogP contribution is 2.29. The minimum absolute atomic E-state index is 0.126. The minimum atomic E-state index is -0.656. The maximum absolute atomic E-state index is 13.0. The Morgan fingerprint density at radius 2 is 2.04 bits per heavy atom. The van der Waals surface area contributed by atoms with Crippen LogP contribution in [0.15, 0.2) is 22.7 Å². The standard InChI is InChI=1S/C18H23BrFNO4/c1-11-4-3-5-15(12(11)2)21-17(22)9-25-18(23)10-24-16-7-6-13(20)8-14(16)19/h6-8,11-12,15H,3-5,9-10H2,1-2H3,(H,21,22)/t11-,12-,15+/m1/s1. The fraction of sp³-hybridized carbons (Fsp3) is 0.556. The number of rotatable bonds is 6. The van der Waals surface area contributed by atoms with Crippen LogP contribution in [-0.2, 0) is 14.3 Å². The van der Waals surface area contributed by atoms with Crippen molar-refractivity contribution < 1.29 is 23.5 Å². The van der Waals surface area contributed by atoms with Gasteiger partial charge in [-0.1, -0.05) is 26.7 Å². The summed E-state index contributed by atoms with van der Waals surface area (Å²) in [5, 5.41) is 2.94. The number of nitrogens with one attached hydrogen (secondary N) is 1. The van der Waals surface area contributed by atoms with Gasteiger partial charge in [0.05, 0.1) is 4.47 Å². The molecule has 25 heavy (non-hydrogen) atoms. The molecule has 0 aliphatic heterocycles. The van der Waals surface area contributed by atoms with Crippen molar-refractivity contribution >= 4 is 27.8 Å². The molecule has 0 saturated heterocycles. The zero-order valence-electron chi connectivity index (χ0n) is 14.4. The SMILES string of the molecule is C[C@@H]1[C@H](C)CCC[C@@H]1NC(=O)COC(=O)COc1ccc(F)cc1Br. The molecule has 0 spiro atoms. The van der Waals surface area contributed by atoms with Crippen LogP contribution in [-0.4, -0.2) is 31.1 Å². The Hall–Kier alpha value is -1.63. The summed E-state index contributed by atoms with van der Waals surface area (Å²) in [4.78, 5) is 23.6. The van der Waals surface area contributed by atoms with Gasteiger partial charge in [-0.15, -0.1) is 0 Å². The number of carbonyl (C=O) groups excluding carboxylic acids is 2. The van der Waals surface area contributed by atoms with Crippen LogP contribution in [0.5, 0.6) is 5.75 Å². The first-order valence-electron chi connectivity index (χ1n) is 8.39. The number of amides is 1. The number of benzene rings is 1. The predicted molar refractivity (Wildman–Crippen MR) is 94.7 cm³/mol. The summed E-state index contributed by atoms with van der Waals surface area (Å²) >= 11 is 3.14. The lowest BCUT2D eigenvalue weighted by Gasteiger charge is -2.34. The van der Waals surface area contributed by atoms with Crippen molar-refractivity contribution in [3.8, 4) is 5.75 Å². The van der Waals surface area contributed by atoms with E-state index >= 15 is 0 Å². The monoisotopic (exact) mass is 415 g/mol. The zero-order chi connectivity index (χ0) is 18.4. The van der Waals surface area contributed by atoms with Gasteiger partial charge in [-0.25, -0.2) is 9.18 Å². The predicted octanol–water partition coefficient (Wildman–Crippen LogP) is 3.45. The van der Waals surface area contributed by atoms with E-state index in [-0.39, 0.29) is 25.2 Å². The highest BCUT2D eigenvalue weighted by atomic mass is 79.9. The van der Waals surface area contributed by atoms with Crippen molar-refractivity contribution in [2.24, 2.45) is 11.8 Å². The van der Waals surface area contributed by atoms with E-state index in [2.05, 4.69) is 35.1 Å². The normalized spacial score (nSPS) is 23.0. The molecule has 0 aromatic heterocycles. The number of hydrogen-bond donors (Lipinski definition) is 1. The first-order valence-corrected chi connectivity index (χ1v) is 9.19. The van der Waals surface area contributed by atoms with Crippen LogP contribution < -0.4 is 10.1 Å². The van der Waals surface area contributed by atoms with Gasteiger partial charge in [0, 0.05) is 6.04 Å². The summed E-state index contributed by atoms with van der Waals surface area (Å²) in [7, 11) is 0. The Kier molecular flexibility index (Phi) is 7.23. The van der Waals surface area contributed by atoms with E-state index in [1.54, 1.807) is 0 Å². The molecule has 1 aromatic rings. The van der Waals surface area contributed by atoms with Gasteiger partial charge in [-0.05, 0) is 52.4 Å². The largest absolute Gasteiger partial charge is 0.481 e. The maximum Gasteiger partial charge on any atom is 0.344 e.